The van der Waals surface area contributed by atoms with E-state index in [1.165, 1.54) is 7.11 Å². The van der Waals surface area contributed by atoms with Crippen molar-refractivity contribution in [2.45, 2.75) is 20.5 Å². The van der Waals surface area contributed by atoms with E-state index in [4.69, 9.17) is 14.2 Å². The SMILES string of the molecule is COC(=O)C(C)(C)COCc1ccc(OC)cc1. The van der Waals surface area contributed by atoms with Gasteiger partial charge in [0.1, 0.15) is 5.75 Å². The predicted molar refractivity (Wildman–Crippen MR) is 68.4 cm³/mol. The molecular formula is C14H20O4. The van der Waals surface area contributed by atoms with Crippen LogP contribution in [-0.2, 0) is 20.9 Å². The van der Waals surface area contributed by atoms with Crippen molar-refractivity contribution in [2.75, 3.05) is 20.8 Å². The minimum absolute atomic E-state index is 0.266. The number of benzene rings is 1. The van der Waals surface area contributed by atoms with Gasteiger partial charge in [-0.05, 0) is 31.5 Å². The van der Waals surface area contributed by atoms with Crippen molar-refractivity contribution in [3.05, 3.63) is 29.8 Å². The summed E-state index contributed by atoms with van der Waals surface area (Å²) in [4.78, 5) is 11.4. The number of ether oxygens (including phenoxy) is 3. The maximum Gasteiger partial charge on any atom is 0.313 e. The van der Waals surface area contributed by atoms with Gasteiger partial charge in [-0.3, -0.25) is 4.79 Å². The molecule has 1 aromatic rings. The highest BCUT2D eigenvalue weighted by Gasteiger charge is 2.28. The molecule has 0 bridgehead atoms. The van der Waals surface area contributed by atoms with Gasteiger partial charge in [0, 0.05) is 0 Å². The van der Waals surface area contributed by atoms with Crippen LogP contribution in [0, 0.1) is 5.41 Å². The molecule has 0 aliphatic carbocycles. The van der Waals surface area contributed by atoms with Crippen molar-refractivity contribution >= 4 is 5.97 Å². The lowest BCUT2D eigenvalue weighted by molar-refractivity contribution is -0.154. The van der Waals surface area contributed by atoms with Crippen LogP contribution in [0.2, 0.25) is 0 Å². The van der Waals surface area contributed by atoms with E-state index in [-0.39, 0.29) is 5.97 Å². The Hall–Kier alpha value is -1.55. The molecule has 0 radical (unpaired) electrons. The first-order valence-corrected chi connectivity index (χ1v) is 5.78. The number of carbonyl (C=O) groups excluding carboxylic acids is 1. The molecule has 0 unspecified atom stereocenters. The van der Waals surface area contributed by atoms with Gasteiger partial charge in [0.2, 0.25) is 0 Å². The van der Waals surface area contributed by atoms with Crippen LogP contribution in [-0.4, -0.2) is 26.8 Å². The number of methoxy groups -OCH3 is 2. The van der Waals surface area contributed by atoms with Gasteiger partial charge in [0.25, 0.3) is 0 Å². The molecule has 0 heterocycles. The van der Waals surface area contributed by atoms with Gasteiger partial charge in [-0.2, -0.15) is 0 Å². The molecule has 1 rings (SSSR count). The minimum Gasteiger partial charge on any atom is -0.497 e. The van der Waals surface area contributed by atoms with Crippen LogP contribution in [0.25, 0.3) is 0 Å². The summed E-state index contributed by atoms with van der Waals surface area (Å²) in [6.07, 6.45) is 0. The lowest BCUT2D eigenvalue weighted by Gasteiger charge is -2.21. The first-order valence-electron chi connectivity index (χ1n) is 5.78. The Labute approximate surface area is 108 Å². The number of esters is 1. The summed E-state index contributed by atoms with van der Waals surface area (Å²) >= 11 is 0. The second-order valence-corrected chi connectivity index (χ2v) is 4.72. The average Bonchev–Trinajstić information content (AvgIpc) is 2.38. The molecule has 0 atom stereocenters. The summed E-state index contributed by atoms with van der Waals surface area (Å²) in [5.41, 5.74) is 0.415. The van der Waals surface area contributed by atoms with Crippen LogP contribution < -0.4 is 4.74 Å². The Kier molecular flexibility index (Phi) is 5.16. The van der Waals surface area contributed by atoms with Gasteiger partial charge in [-0.25, -0.2) is 0 Å². The quantitative estimate of drug-likeness (QED) is 0.729. The van der Waals surface area contributed by atoms with Crippen LogP contribution in [0.15, 0.2) is 24.3 Å². The van der Waals surface area contributed by atoms with E-state index < -0.39 is 5.41 Å². The first kappa shape index (κ1) is 14.5. The molecule has 0 aliphatic rings. The van der Waals surface area contributed by atoms with Crippen molar-refractivity contribution in [1.29, 1.82) is 0 Å². The van der Waals surface area contributed by atoms with Gasteiger partial charge in [0.05, 0.1) is 32.8 Å². The molecule has 0 fully saturated rings. The largest absolute Gasteiger partial charge is 0.497 e. The molecule has 1 aromatic carbocycles. The fourth-order valence-electron chi connectivity index (χ4n) is 1.48. The molecule has 4 heteroatoms. The van der Waals surface area contributed by atoms with Gasteiger partial charge >= 0.3 is 5.97 Å². The Bertz CT molecular complexity index is 381. The lowest BCUT2D eigenvalue weighted by Crippen LogP contribution is -2.30. The minimum atomic E-state index is -0.624. The fraction of sp³-hybridized carbons (Fsp3) is 0.500. The molecule has 0 saturated carbocycles. The molecule has 0 N–H and O–H groups in total. The summed E-state index contributed by atoms with van der Waals surface area (Å²) in [5.74, 6) is 0.547. The third kappa shape index (κ3) is 4.04. The molecule has 100 valence electrons. The monoisotopic (exact) mass is 252 g/mol. The molecule has 0 spiro atoms. The summed E-state index contributed by atoms with van der Waals surface area (Å²) in [6.45, 7) is 4.38. The van der Waals surface area contributed by atoms with Gasteiger partial charge in [0.15, 0.2) is 0 Å². The Morgan fingerprint density at radius 2 is 1.78 bits per heavy atom. The Morgan fingerprint density at radius 1 is 1.17 bits per heavy atom. The third-order valence-electron chi connectivity index (χ3n) is 2.63. The third-order valence-corrected chi connectivity index (χ3v) is 2.63. The van der Waals surface area contributed by atoms with Crippen LogP contribution in [0.3, 0.4) is 0 Å². The van der Waals surface area contributed by atoms with Crippen molar-refractivity contribution in [3.63, 3.8) is 0 Å². The molecule has 4 nitrogen and oxygen atoms in total. The van der Waals surface area contributed by atoms with E-state index >= 15 is 0 Å². The normalized spacial score (nSPS) is 11.1. The van der Waals surface area contributed by atoms with E-state index in [1.807, 2.05) is 24.3 Å². The lowest BCUT2D eigenvalue weighted by atomic mass is 9.95. The Balaban J connectivity index is 2.43. The highest BCUT2D eigenvalue weighted by atomic mass is 16.5. The molecular weight excluding hydrogens is 232 g/mol. The molecule has 0 aliphatic heterocycles. The topological polar surface area (TPSA) is 44.8 Å². The van der Waals surface area contributed by atoms with Crippen molar-refractivity contribution < 1.29 is 19.0 Å². The van der Waals surface area contributed by atoms with Gasteiger partial charge < -0.3 is 14.2 Å². The zero-order valence-corrected chi connectivity index (χ0v) is 11.4. The average molecular weight is 252 g/mol. The summed E-state index contributed by atoms with van der Waals surface area (Å²) in [6, 6.07) is 7.63. The second-order valence-electron chi connectivity index (χ2n) is 4.72. The predicted octanol–water partition coefficient (Wildman–Crippen LogP) is 2.41. The van der Waals surface area contributed by atoms with Crippen molar-refractivity contribution in [3.8, 4) is 5.75 Å². The summed E-state index contributed by atoms with van der Waals surface area (Å²) < 4.78 is 15.3. The maximum atomic E-state index is 11.4. The van der Waals surface area contributed by atoms with E-state index in [1.54, 1.807) is 21.0 Å². The molecule has 0 amide bonds. The van der Waals surface area contributed by atoms with E-state index in [0.717, 1.165) is 11.3 Å². The zero-order valence-electron chi connectivity index (χ0n) is 11.4. The number of hydrogen-bond acceptors (Lipinski definition) is 4. The van der Waals surface area contributed by atoms with Crippen LogP contribution in [0.4, 0.5) is 0 Å². The van der Waals surface area contributed by atoms with E-state index in [2.05, 4.69) is 0 Å². The molecule has 0 saturated heterocycles. The van der Waals surface area contributed by atoms with Gasteiger partial charge in [-0.1, -0.05) is 12.1 Å². The summed E-state index contributed by atoms with van der Waals surface area (Å²) in [7, 11) is 3.01. The second kappa shape index (κ2) is 6.40. The Morgan fingerprint density at radius 3 is 2.28 bits per heavy atom. The van der Waals surface area contributed by atoms with Crippen LogP contribution >= 0.6 is 0 Å². The first-order chi connectivity index (χ1) is 8.49. The van der Waals surface area contributed by atoms with E-state index in [9.17, 15) is 4.79 Å². The van der Waals surface area contributed by atoms with Crippen LogP contribution in [0.5, 0.6) is 5.75 Å². The molecule has 18 heavy (non-hydrogen) atoms. The zero-order chi connectivity index (χ0) is 13.6. The highest BCUT2D eigenvalue weighted by molar-refractivity contribution is 5.75. The smallest absolute Gasteiger partial charge is 0.313 e. The van der Waals surface area contributed by atoms with Crippen molar-refractivity contribution in [2.24, 2.45) is 5.41 Å². The number of carbonyl (C=O) groups is 1. The van der Waals surface area contributed by atoms with Crippen molar-refractivity contribution in [1.82, 2.24) is 0 Å². The number of hydrogen-bond donors (Lipinski definition) is 0. The molecule has 0 aromatic heterocycles. The summed E-state index contributed by atoms with van der Waals surface area (Å²) in [5, 5.41) is 0. The van der Waals surface area contributed by atoms with Gasteiger partial charge in [-0.15, -0.1) is 0 Å². The highest BCUT2D eigenvalue weighted by Crippen LogP contribution is 2.19. The maximum absolute atomic E-state index is 11.4. The van der Waals surface area contributed by atoms with Crippen LogP contribution in [0.1, 0.15) is 19.4 Å². The number of rotatable bonds is 6. The standard InChI is InChI=1S/C14H20O4/c1-14(2,13(15)17-4)10-18-9-11-5-7-12(16-3)8-6-11/h5-8H,9-10H2,1-4H3. The van der Waals surface area contributed by atoms with E-state index in [0.29, 0.717) is 13.2 Å². The fourth-order valence-corrected chi connectivity index (χ4v) is 1.48.